The van der Waals surface area contributed by atoms with Crippen LogP contribution in [0.1, 0.15) is 24.0 Å². The second-order valence-corrected chi connectivity index (χ2v) is 6.97. The van der Waals surface area contributed by atoms with Crippen LogP contribution in [0, 0.1) is 0 Å². The molecule has 4 N–H and O–H groups in total. The Morgan fingerprint density at radius 1 is 1.10 bits per heavy atom. The largest absolute Gasteiger partial charge is 0.491 e. The molecule has 2 aromatic rings. The number of aliphatic hydroxyl groups excluding tert-OH is 1. The first-order valence-corrected chi connectivity index (χ1v) is 10.5. The number of hydrogen-bond acceptors (Lipinski definition) is 7. The highest BCUT2D eigenvalue weighted by atomic mass is 32.1. The minimum Gasteiger partial charge on any atom is -0.491 e. The predicted molar refractivity (Wildman–Crippen MR) is 114 cm³/mol. The molecule has 0 aliphatic heterocycles. The van der Waals surface area contributed by atoms with E-state index < -0.39 is 11.9 Å². The topological polar surface area (TPSA) is 125 Å². The smallest absolute Gasteiger partial charge is 0.414 e. The minimum atomic E-state index is -1.82. The van der Waals surface area contributed by atoms with Crippen LogP contribution in [-0.2, 0) is 20.7 Å². The van der Waals surface area contributed by atoms with E-state index in [1.807, 2.05) is 19.1 Å². The van der Waals surface area contributed by atoms with Gasteiger partial charge in [-0.25, -0.2) is 9.59 Å². The van der Waals surface area contributed by atoms with Crippen molar-refractivity contribution in [3.63, 3.8) is 0 Å². The SMILES string of the molecule is CCOCCOc1ccc(CCNCC(CO)c2ccsc2)cc1.O=C(O)C(=O)O. The van der Waals surface area contributed by atoms with E-state index in [1.54, 1.807) is 11.3 Å². The molecule has 9 heteroatoms. The third-order valence-electron chi connectivity index (χ3n) is 4.02. The van der Waals surface area contributed by atoms with E-state index in [0.29, 0.717) is 13.2 Å². The predicted octanol–water partition coefficient (Wildman–Crippen LogP) is 2.23. The molecule has 0 saturated heterocycles. The van der Waals surface area contributed by atoms with Gasteiger partial charge in [0.2, 0.25) is 0 Å². The number of rotatable bonds is 12. The van der Waals surface area contributed by atoms with Crippen LogP contribution in [0.4, 0.5) is 0 Å². The molecule has 1 heterocycles. The van der Waals surface area contributed by atoms with E-state index in [9.17, 15) is 5.11 Å². The van der Waals surface area contributed by atoms with Gasteiger partial charge in [0.05, 0.1) is 13.2 Å². The van der Waals surface area contributed by atoms with Crippen LogP contribution in [0.25, 0.3) is 0 Å². The molecule has 30 heavy (non-hydrogen) atoms. The molecule has 0 saturated carbocycles. The zero-order valence-electron chi connectivity index (χ0n) is 17.0. The van der Waals surface area contributed by atoms with Crippen molar-refractivity contribution in [1.82, 2.24) is 5.32 Å². The standard InChI is InChI=1S/C19H27NO3S.C2H2O4/c1-2-22-10-11-23-19-5-3-16(4-6-19)7-9-20-13-18(14-21)17-8-12-24-15-17;3-1(4)2(5)6/h3-6,8,12,15,18,20-21H,2,7,9-11,13-14H2,1H3;(H,3,4)(H,5,6). The molecule has 1 aromatic heterocycles. The van der Waals surface area contributed by atoms with Gasteiger partial charge in [-0.05, 0) is 60.0 Å². The fourth-order valence-electron chi connectivity index (χ4n) is 2.42. The van der Waals surface area contributed by atoms with Crippen LogP contribution in [0.15, 0.2) is 41.1 Å². The summed E-state index contributed by atoms with van der Waals surface area (Å²) in [5.74, 6) is -2.59. The Morgan fingerprint density at radius 3 is 2.33 bits per heavy atom. The van der Waals surface area contributed by atoms with Crippen molar-refractivity contribution in [3.8, 4) is 5.75 Å². The lowest BCUT2D eigenvalue weighted by molar-refractivity contribution is -0.159. The molecule has 8 nitrogen and oxygen atoms in total. The minimum absolute atomic E-state index is 0.178. The molecular weight excluding hydrogens is 410 g/mol. The van der Waals surface area contributed by atoms with Crippen molar-refractivity contribution >= 4 is 23.3 Å². The van der Waals surface area contributed by atoms with Crippen molar-refractivity contribution in [3.05, 3.63) is 52.2 Å². The molecule has 1 unspecified atom stereocenters. The van der Waals surface area contributed by atoms with Crippen molar-refractivity contribution in [2.75, 3.05) is 39.5 Å². The van der Waals surface area contributed by atoms with Gasteiger partial charge in [-0.15, -0.1) is 0 Å². The quantitative estimate of drug-likeness (QED) is 0.293. The molecule has 0 fully saturated rings. The molecule has 166 valence electrons. The van der Waals surface area contributed by atoms with Gasteiger partial charge in [0, 0.05) is 19.1 Å². The van der Waals surface area contributed by atoms with Gasteiger partial charge in [0.15, 0.2) is 0 Å². The Hall–Kier alpha value is -2.46. The lowest BCUT2D eigenvalue weighted by Crippen LogP contribution is -2.25. The first-order valence-electron chi connectivity index (χ1n) is 9.57. The van der Waals surface area contributed by atoms with E-state index in [2.05, 4.69) is 34.3 Å². The zero-order chi connectivity index (χ0) is 22.2. The highest BCUT2D eigenvalue weighted by Crippen LogP contribution is 2.17. The van der Waals surface area contributed by atoms with Crippen LogP contribution < -0.4 is 10.1 Å². The van der Waals surface area contributed by atoms with Crippen molar-refractivity contribution in [2.24, 2.45) is 0 Å². The van der Waals surface area contributed by atoms with Crippen molar-refractivity contribution in [2.45, 2.75) is 19.3 Å². The average Bonchev–Trinajstić information content (AvgIpc) is 3.27. The van der Waals surface area contributed by atoms with Crippen molar-refractivity contribution < 1.29 is 34.4 Å². The first kappa shape index (κ1) is 25.6. The molecular formula is C21H29NO7S. The number of aliphatic carboxylic acids is 2. The average molecular weight is 440 g/mol. The normalized spacial score (nSPS) is 11.3. The molecule has 0 aliphatic carbocycles. The van der Waals surface area contributed by atoms with Gasteiger partial charge in [0.1, 0.15) is 12.4 Å². The van der Waals surface area contributed by atoms with Gasteiger partial charge in [-0.1, -0.05) is 12.1 Å². The number of nitrogens with one attached hydrogen (secondary N) is 1. The molecule has 1 aromatic carbocycles. The molecule has 0 spiro atoms. The maximum atomic E-state index is 9.49. The Bertz CT molecular complexity index is 707. The van der Waals surface area contributed by atoms with E-state index >= 15 is 0 Å². The summed E-state index contributed by atoms with van der Waals surface area (Å²) in [5, 5.41) is 31.9. The van der Waals surface area contributed by atoms with E-state index in [-0.39, 0.29) is 12.5 Å². The number of ether oxygens (including phenoxy) is 2. The highest BCUT2D eigenvalue weighted by Gasteiger charge is 2.10. The lowest BCUT2D eigenvalue weighted by atomic mass is 10.0. The molecule has 2 rings (SSSR count). The van der Waals surface area contributed by atoms with Crippen LogP contribution in [-0.4, -0.2) is 66.8 Å². The van der Waals surface area contributed by atoms with E-state index in [0.717, 1.165) is 31.9 Å². The Labute approximate surface area is 180 Å². The fourth-order valence-corrected chi connectivity index (χ4v) is 3.16. The van der Waals surface area contributed by atoms with Crippen LogP contribution >= 0.6 is 11.3 Å². The monoisotopic (exact) mass is 439 g/mol. The van der Waals surface area contributed by atoms with Crippen LogP contribution in [0.5, 0.6) is 5.75 Å². The Balaban J connectivity index is 0.000000656. The summed E-state index contributed by atoms with van der Waals surface area (Å²) in [6, 6.07) is 10.3. The Morgan fingerprint density at radius 2 is 1.80 bits per heavy atom. The van der Waals surface area contributed by atoms with Crippen molar-refractivity contribution in [1.29, 1.82) is 0 Å². The summed E-state index contributed by atoms with van der Waals surface area (Å²) in [4.78, 5) is 18.2. The first-order chi connectivity index (χ1) is 14.5. The van der Waals surface area contributed by atoms with Gasteiger partial charge in [0.25, 0.3) is 0 Å². The summed E-state index contributed by atoms with van der Waals surface area (Å²) in [6.07, 6.45) is 0.959. The third kappa shape index (κ3) is 10.9. The molecule has 0 aliphatic rings. The second kappa shape index (κ2) is 15.4. The summed E-state index contributed by atoms with van der Waals surface area (Å²) in [5.41, 5.74) is 2.49. The third-order valence-corrected chi connectivity index (χ3v) is 4.72. The summed E-state index contributed by atoms with van der Waals surface area (Å²) in [7, 11) is 0. The number of thiophene rings is 1. The maximum absolute atomic E-state index is 9.49. The lowest BCUT2D eigenvalue weighted by Gasteiger charge is -2.14. The summed E-state index contributed by atoms with van der Waals surface area (Å²) in [6.45, 7) is 5.78. The second-order valence-electron chi connectivity index (χ2n) is 6.19. The number of carbonyl (C=O) groups is 2. The fraction of sp³-hybridized carbons (Fsp3) is 0.429. The van der Waals surface area contributed by atoms with Gasteiger partial charge in [-0.2, -0.15) is 11.3 Å². The number of benzene rings is 1. The van der Waals surface area contributed by atoms with Gasteiger partial charge >= 0.3 is 11.9 Å². The molecule has 1 atom stereocenters. The number of carboxylic acid groups (broad SMARTS) is 2. The molecule has 0 radical (unpaired) electrons. The van der Waals surface area contributed by atoms with Gasteiger partial charge in [-0.3, -0.25) is 0 Å². The van der Waals surface area contributed by atoms with E-state index in [4.69, 9.17) is 29.3 Å². The number of carboxylic acids is 2. The summed E-state index contributed by atoms with van der Waals surface area (Å²) < 4.78 is 10.9. The number of hydrogen-bond donors (Lipinski definition) is 4. The Kier molecular flexibility index (Phi) is 13.1. The van der Waals surface area contributed by atoms with Crippen LogP contribution in [0.2, 0.25) is 0 Å². The summed E-state index contributed by atoms with van der Waals surface area (Å²) >= 11 is 1.67. The molecule has 0 bridgehead atoms. The van der Waals surface area contributed by atoms with E-state index in [1.165, 1.54) is 11.1 Å². The molecule has 0 amide bonds. The maximum Gasteiger partial charge on any atom is 0.414 e. The van der Waals surface area contributed by atoms with Gasteiger partial charge < -0.3 is 30.1 Å². The number of aliphatic hydroxyl groups is 1. The highest BCUT2D eigenvalue weighted by molar-refractivity contribution is 7.08. The zero-order valence-corrected chi connectivity index (χ0v) is 17.8. The van der Waals surface area contributed by atoms with Crippen LogP contribution in [0.3, 0.4) is 0 Å².